The fraction of sp³-hybridized carbons (Fsp3) is 0. The second kappa shape index (κ2) is 9.03. The Kier molecular flexibility index (Phi) is 16.0. The first-order valence-corrected chi connectivity index (χ1v) is 0.775. The largest absolute Gasteiger partial charge is 2.00 e. The molecule has 5 heavy (non-hydrogen) atoms. The summed E-state index contributed by atoms with van der Waals surface area (Å²) in [6, 6.07) is 0. The molecular formula is C2H2N2Zn. The number of hydrogen-bond acceptors (Lipinski definition) is 0. The molecule has 0 heterocycles. The molecule has 0 aromatic heterocycles. The molecule has 0 spiro atoms. The van der Waals surface area contributed by atoms with E-state index in [1.165, 1.54) is 0 Å². The third-order valence-corrected chi connectivity index (χ3v) is 0.0667. The van der Waals surface area contributed by atoms with Crippen LogP contribution in [0.25, 0.3) is 5.41 Å². The van der Waals surface area contributed by atoms with Crippen molar-refractivity contribution in [2.75, 3.05) is 0 Å². The van der Waals surface area contributed by atoms with Crippen molar-refractivity contribution >= 4 is 13.1 Å². The topological polar surface area (TPSA) is 34.7 Å². The van der Waals surface area contributed by atoms with E-state index in [9.17, 15) is 0 Å². The van der Waals surface area contributed by atoms with Crippen molar-refractivity contribution in [2.45, 2.75) is 0 Å². The average Bonchev–Trinajstić information content (AvgIpc) is 1.37. The Hall–Kier alpha value is -0.0366. The van der Waals surface area contributed by atoms with Crippen LogP contribution in [0.15, 0.2) is 4.99 Å². The van der Waals surface area contributed by atoms with Crippen molar-refractivity contribution in [1.82, 2.24) is 0 Å². The molecule has 2 nitrogen and oxygen atoms in total. The Labute approximate surface area is 43.6 Å². The number of hydrogen-bond donors (Lipinski definition) is 0. The molecule has 22 valence electrons. The molecule has 0 aromatic rings. The maximum Gasteiger partial charge on any atom is 2.00 e. The quantitative estimate of drug-likeness (QED) is 0.204. The fourth-order valence-corrected chi connectivity index (χ4v) is 0. The summed E-state index contributed by atoms with van der Waals surface area (Å²) >= 11 is 0. The van der Waals surface area contributed by atoms with Crippen molar-refractivity contribution in [3.05, 3.63) is 5.41 Å². The third kappa shape index (κ3) is 16.5. The van der Waals surface area contributed by atoms with Gasteiger partial charge in [-0.1, -0.05) is 0 Å². The molecule has 0 bridgehead atoms. The van der Waals surface area contributed by atoms with E-state index in [4.69, 9.17) is 5.41 Å². The maximum absolute atomic E-state index is 7.46. The molecule has 0 radical (unpaired) electrons. The molecular weight excluding hydrogens is 117 g/mol. The van der Waals surface area contributed by atoms with Gasteiger partial charge in [-0.25, -0.2) is 0 Å². The van der Waals surface area contributed by atoms with Gasteiger partial charge in [0, 0.05) is 0 Å². The zero-order chi connectivity index (χ0) is 3.41. The summed E-state index contributed by atoms with van der Waals surface area (Å²) in [7, 11) is 0. The number of nitrogens with zero attached hydrogens (tertiary/aromatic N) is 2. The molecule has 3 heteroatoms. The molecule has 0 N–H and O–H groups in total. The average molecular weight is 119 g/mol. The third-order valence-electron chi connectivity index (χ3n) is 0.0667. The van der Waals surface area contributed by atoms with Crippen LogP contribution in [0.1, 0.15) is 0 Å². The smallest absolute Gasteiger partial charge is 0.650 e. The minimum Gasteiger partial charge on any atom is -0.650 e. The molecule has 0 atom stereocenters. The van der Waals surface area contributed by atoms with Gasteiger partial charge in [0.1, 0.15) is 0 Å². The monoisotopic (exact) mass is 118 g/mol. The molecule has 0 saturated heterocycles. The van der Waals surface area contributed by atoms with E-state index in [-0.39, 0.29) is 19.5 Å². The summed E-state index contributed by atoms with van der Waals surface area (Å²) in [5.41, 5.74) is 0. The Morgan fingerprint density at radius 1 is 1.80 bits per heavy atom. The normalized spacial score (nSPS) is 4.00. The molecule has 0 aliphatic carbocycles. The van der Waals surface area contributed by atoms with Crippen LogP contribution in [-0.4, -0.2) is 13.1 Å². The van der Waals surface area contributed by atoms with Gasteiger partial charge in [0.15, 0.2) is 0 Å². The second-order valence-corrected chi connectivity index (χ2v) is 0.265. The minimum atomic E-state index is 0. The van der Waals surface area contributed by atoms with E-state index < -0.39 is 0 Å². The molecule has 0 aromatic carbocycles. The van der Waals surface area contributed by atoms with Gasteiger partial charge in [0.05, 0.1) is 0 Å². The first-order chi connectivity index (χ1) is 1.91. The van der Waals surface area contributed by atoms with Gasteiger partial charge in [-0.3, -0.25) is 6.34 Å². The van der Waals surface area contributed by atoms with E-state index in [0.29, 0.717) is 6.34 Å². The predicted molar refractivity (Wildman–Crippen MR) is 17.9 cm³/mol. The van der Waals surface area contributed by atoms with Crippen molar-refractivity contribution in [3.63, 3.8) is 0 Å². The summed E-state index contributed by atoms with van der Waals surface area (Å²) < 4.78 is 0. The van der Waals surface area contributed by atoms with Gasteiger partial charge in [-0.2, -0.15) is 0 Å². The minimum absolute atomic E-state index is 0. The van der Waals surface area contributed by atoms with E-state index in [0.717, 1.165) is 0 Å². The van der Waals surface area contributed by atoms with Crippen molar-refractivity contribution in [3.8, 4) is 0 Å². The van der Waals surface area contributed by atoms with Gasteiger partial charge < -0.3 is 17.1 Å². The van der Waals surface area contributed by atoms with Gasteiger partial charge in [0.25, 0.3) is 0 Å². The Morgan fingerprint density at radius 2 is 2.00 bits per heavy atom. The maximum atomic E-state index is 7.46. The summed E-state index contributed by atoms with van der Waals surface area (Å²) in [6.07, 6.45) is 0.528. The first-order valence-electron chi connectivity index (χ1n) is 0.775. The molecule has 0 fully saturated rings. The molecule has 0 aliphatic heterocycles. The van der Waals surface area contributed by atoms with Gasteiger partial charge in [0.2, 0.25) is 0 Å². The van der Waals surface area contributed by atoms with Crippen LogP contribution in [-0.2, 0) is 19.5 Å². The number of aliphatic imine (C=N–C) groups is 1. The van der Waals surface area contributed by atoms with Crippen LogP contribution in [0.2, 0.25) is 0 Å². The standard InChI is InChI=1S/C2H2N2.Zn/c1-4-2-3;/h1-2H;/q-2;+2. The van der Waals surface area contributed by atoms with Crippen molar-refractivity contribution in [2.24, 2.45) is 4.99 Å². The number of rotatable bonds is 1. The molecule has 0 saturated carbocycles. The zero-order valence-corrected chi connectivity index (χ0v) is 5.72. The van der Waals surface area contributed by atoms with Crippen LogP contribution in [0, 0.1) is 0 Å². The van der Waals surface area contributed by atoms with Crippen molar-refractivity contribution < 1.29 is 19.5 Å². The van der Waals surface area contributed by atoms with E-state index in [1.54, 1.807) is 0 Å². The van der Waals surface area contributed by atoms with Gasteiger partial charge >= 0.3 is 19.5 Å². The van der Waals surface area contributed by atoms with Crippen LogP contribution >= 0.6 is 0 Å². The summed E-state index contributed by atoms with van der Waals surface area (Å²) in [5.74, 6) is 0. The van der Waals surface area contributed by atoms with Crippen LogP contribution in [0.5, 0.6) is 0 Å². The van der Waals surface area contributed by atoms with Crippen molar-refractivity contribution in [1.29, 1.82) is 0 Å². The Morgan fingerprint density at radius 3 is 2.00 bits per heavy atom. The predicted octanol–water partition coefficient (Wildman–Crippen LogP) is 0.159. The van der Waals surface area contributed by atoms with E-state index in [2.05, 4.69) is 11.7 Å². The van der Waals surface area contributed by atoms with Gasteiger partial charge in [-0.15, -0.1) is 0 Å². The SMILES string of the molecule is [CH-]=NC=[N-].[Zn+2]. The summed E-state index contributed by atoms with van der Waals surface area (Å²) in [4.78, 5) is 2.67. The Balaban J connectivity index is 0. The Bertz CT molecular complexity index is 28.6. The van der Waals surface area contributed by atoms with E-state index >= 15 is 0 Å². The van der Waals surface area contributed by atoms with Crippen LogP contribution in [0.4, 0.5) is 0 Å². The fourth-order valence-electron chi connectivity index (χ4n) is 0. The summed E-state index contributed by atoms with van der Waals surface area (Å²) in [5, 5.41) is 7.46. The summed E-state index contributed by atoms with van der Waals surface area (Å²) in [6.45, 7) is 4.35. The zero-order valence-electron chi connectivity index (χ0n) is 2.76. The van der Waals surface area contributed by atoms with Gasteiger partial charge in [-0.05, 0) is 0 Å². The van der Waals surface area contributed by atoms with Crippen LogP contribution < -0.4 is 0 Å². The molecule has 0 unspecified atom stereocenters. The molecule has 0 rings (SSSR count). The molecule has 0 aliphatic rings. The molecule has 0 amide bonds. The first kappa shape index (κ1) is 8.88. The second-order valence-electron chi connectivity index (χ2n) is 0.265. The van der Waals surface area contributed by atoms with E-state index in [1.807, 2.05) is 0 Å². The van der Waals surface area contributed by atoms with Crippen LogP contribution in [0.3, 0.4) is 0 Å².